The molecule has 2 bridgehead atoms. The number of H-pyrrole nitrogens is 1. The second kappa shape index (κ2) is 5.24. The number of ketones is 1. The number of benzene rings is 1. The number of carbonyl (C=O) groups excluding carboxylic acids is 1. The summed E-state index contributed by atoms with van der Waals surface area (Å²) in [5.74, 6) is -0.155. The number of para-hydroxylation sites is 1. The number of carbonyl (C=O) groups is 1. The van der Waals surface area contributed by atoms with Crippen LogP contribution in [0.15, 0.2) is 47.6 Å². The lowest BCUT2D eigenvalue weighted by Gasteiger charge is -2.58. The highest BCUT2D eigenvalue weighted by Gasteiger charge is 2.68. The smallest absolute Gasteiger partial charge is 0.196 e. The maximum absolute atomic E-state index is 13.0. The van der Waals surface area contributed by atoms with Gasteiger partial charge in [-0.2, -0.15) is 0 Å². The van der Waals surface area contributed by atoms with Crippen LogP contribution in [0.4, 0.5) is 0 Å². The minimum absolute atomic E-state index is 0.0120. The van der Waals surface area contributed by atoms with Crippen LogP contribution in [0.1, 0.15) is 58.2 Å². The Kier molecular flexibility index (Phi) is 3.11. The summed E-state index contributed by atoms with van der Waals surface area (Å²) in [6.45, 7) is 8.83. The van der Waals surface area contributed by atoms with E-state index < -0.39 is 17.5 Å². The van der Waals surface area contributed by atoms with E-state index in [4.69, 9.17) is 9.47 Å². The first-order valence-corrected chi connectivity index (χ1v) is 11.6. The molecule has 4 nitrogen and oxygen atoms in total. The van der Waals surface area contributed by atoms with Crippen molar-refractivity contribution in [2.24, 2.45) is 11.3 Å². The van der Waals surface area contributed by atoms with Crippen LogP contribution in [0.5, 0.6) is 0 Å². The molecule has 2 fully saturated rings. The van der Waals surface area contributed by atoms with Crippen LogP contribution < -0.4 is 0 Å². The Morgan fingerprint density at radius 3 is 2.71 bits per heavy atom. The fourth-order valence-corrected chi connectivity index (χ4v) is 7.75. The van der Waals surface area contributed by atoms with E-state index in [0.717, 1.165) is 31.3 Å². The maximum atomic E-state index is 13.0. The number of aromatic nitrogens is 1. The monoisotopic (exact) mass is 415 g/mol. The third-order valence-corrected chi connectivity index (χ3v) is 9.51. The van der Waals surface area contributed by atoms with Gasteiger partial charge in [-0.3, -0.25) is 4.79 Å². The summed E-state index contributed by atoms with van der Waals surface area (Å²) in [6, 6.07) is 8.69. The zero-order valence-electron chi connectivity index (χ0n) is 18.7. The van der Waals surface area contributed by atoms with E-state index in [0.29, 0.717) is 5.92 Å². The molecule has 7 rings (SSSR count). The number of rotatable bonds is 0. The fraction of sp³-hybridized carbons (Fsp3) is 0.519. The molecule has 2 aliphatic heterocycles. The number of hydrogen-bond acceptors (Lipinski definition) is 3. The molecule has 2 aromatic rings. The average molecular weight is 416 g/mol. The third-order valence-electron chi connectivity index (χ3n) is 9.51. The molecule has 5 atom stereocenters. The minimum atomic E-state index is -0.765. The van der Waals surface area contributed by atoms with E-state index in [1.165, 1.54) is 27.7 Å². The van der Waals surface area contributed by atoms with Crippen LogP contribution in [0.25, 0.3) is 10.9 Å². The lowest BCUT2D eigenvalue weighted by molar-refractivity contribution is -0.180. The molecule has 3 heterocycles. The van der Waals surface area contributed by atoms with Crippen molar-refractivity contribution >= 4 is 16.7 Å². The van der Waals surface area contributed by atoms with E-state index in [-0.39, 0.29) is 16.6 Å². The lowest BCUT2D eigenvalue weighted by atomic mass is 9.48. The van der Waals surface area contributed by atoms with Gasteiger partial charge in [0.1, 0.15) is 5.60 Å². The number of allylic oxidation sites excluding steroid dienone is 1. The van der Waals surface area contributed by atoms with Gasteiger partial charge in [-0.25, -0.2) is 0 Å². The second-order valence-corrected chi connectivity index (χ2v) is 11.2. The Bertz CT molecular complexity index is 1250. The summed E-state index contributed by atoms with van der Waals surface area (Å²) in [7, 11) is 0. The highest BCUT2D eigenvalue weighted by molar-refractivity contribution is 5.98. The molecule has 3 aliphatic carbocycles. The quantitative estimate of drug-likeness (QED) is 0.649. The maximum Gasteiger partial charge on any atom is 0.196 e. The van der Waals surface area contributed by atoms with Crippen LogP contribution in [0.3, 0.4) is 0 Å². The summed E-state index contributed by atoms with van der Waals surface area (Å²) in [4.78, 5) is 16.8. The summed E-state index contributed by atoms with van der Waals surface area (Å²) in [5.41, 5.74) is 5.69. The predicted molar refractivity (Wildman–Crippen MR) is 119 cm³/mol. The van der Waals surface area contributed by atoms with Gasteiger partial charge >= 0.3 is 0 Å². The molecule has 4 heteroatoms. The molecule has 1 aromatic carbocycles. The molecular weight excluding hydrogens is 386 g/mol. The molecule has 0 radical (unpaired) electrons. The first-order valence-electron chi connectivity index (χ1n) is 11.6. The molecule has 5 aliphatic rings. The van der Waals surface area contributed by atoms with Crippen molar-refractivity contribution in [1.82, 2.24) is 4.98 Å². The van der Waals surface area contributed by atoms with Gasteiger partial charge in [0.25, 0.3) is 0 Å². The first-order chi connectivity index (χ1) is 14.7. The van der Waals surface area contributed by atoms with E-state index in [1.54, 1.807) is 0 Å². The average Bonchev–Trinajstić information content (AvgIpc) is 3.31. The minimum Gasteiger partial charge on any atom is -0.358 e. The van der Waals surface area contributed by atoms with E-state index in [2.05, 4.69) is 49.2 Å². The molecular formula is C27H29NO3. The molecule has 31 heavy (non-hydrogen) atoms. The molecule has 0 amide bonds. The lowest BCUT2D eigenvalue weighted by Crippen LogP contribution is -2.56. The zero-order valence-corrected chi connectivity index (χ0v) is 18.7. The van der Waals surface area contributed by atoms with Crippen LogP contribution in [-0.2, 0) is 26.1 Å². The van der Waals surface area contributed by atoms with Crippen molar-refractivity contribution in [3.8, 4) is 0 Å². The molecule has 1 saturated heterocycles. The Hall–Kier alpha value is -2.17. The summed E-state index contributed by atoms with van der Waals surface area (Å²) in [6.07, 6.45) is 7.66. The Morgan fingerprint density at radius 1 is 1.06 bits per heavy atom. The van der Waals surface area contributed by atoms with Crippen molar-refractivity contribution < 1.29 is 14.3 Å². The van der Waals surface area contributed by atoms with Gasteiger partial charge in [-0.1, -0.05) is 38.1 Å². The standard InChI is InChI=1S/C27H29NO3/c1-24(2)23-21(29)14-19-18-10-9-15-13-17-16-7-5-6-8-20(16)28-22(17)26(15,4)25(18,3)11-12-27(19,30-23)31-24/h5-8,10,14-15,23,28H,9,11-13H2,1-4H3/t15-,23?,25?,26+,27?/m0/s1. The largest absolute Gasteiger partial charge is 0.358 e. The van der Waals surface area contributed by atoms with Gasteiger partial charge in [0.2, 0.25) is 0 Å². The number of hydrogen-bond donors (Lipinski definition) is 1. The van der Waals surface area contributed by atoms with Gasteiger partial charge in [-0.05, 0) is 62.3 Å². The van der Waals surface area contributed by atoms with Gasteiger partial charge in [0, 0.05) is 39.4 Å². The second-order valence-electron chi connectivity index (χ2n) is 11.2. The Morgan fingerprint density at radius 2 is 1.87 bits per heavy atom. The van der Waals surface area contributed by atoms with Crippen molar-refractivity contribution in [3.05, 3.63) is 58.8 Å². The van der Waals surface area contributed by atoms with Crippen molar-refractivity contribution in [2.75, 3.05) is 0 Å². The van der Waals surface area contributed by atoms with E-state index in [1.807, 2.05) is 19.9 Å². The summed E-state index contributed by atoms with van der Waals surface area (Å²) < 4.78 is 12.9. The van der Waals surface area contributed by atoms with Gasteiger partial charge < -0.3 is 14.5 Å². The van der Waals surface area contributed by atoms with Crippen LogP contribution in [-0.4, -0.2) is 28.3 Å². The first kappa shape index (κ1) is 18.4. The predicted octanol–water partition coefficient (Wildman–Crippen LogP) is 5.13. The SMILES string of the molecule is CC1(C)OC23CCC4(C)C(=CC[C@H]5Cc6c([nH]c7ccccc67)[C@@]54C)C2=CC(=O)C1O3. The molecule has 1 aromatic heterocycles. The third kappa shape index (κ3) is 1.90. The van der Waals surface area contributed by atoms with E-state index in [9.17, 15) is 4.79 Å². The Balaban J connectivity index is 1.42. The van der Waals surface area contributed by atoms with Crippen LogP contribution in [0.2, 0.25) is 0 Å². The number of nitrogens with one attached hydrogen (secondary N) is 1. The molecule has 160 valence electrons. The van der Waals surface area contributed by atoms with Gasteiger partial charge in [0.15, 0.2) is 17.7 Å². The zero-order chi connectivity index (χ0) is 21.4. The van der Waals surface area contributed by atoms with Crippen LogP contribution >= 0.6 is 0 Å². The van der Waals surface area contributed by atoms with Gasteiger partial charge in [0.05, 0.1) is 0 Å². The van der Waals surface area contributed by atoms with E-state index >= 15 is 0 Å². The van der Waals surface area contributed by atoms with Crippen molar-refractivity contribution in [2.45, 2.75) is 76.3 Å². The normalized spacial score (nSPS) is 41.9. The number of fused-ring (bicyclic) bond motifs is 9. The van der Waals surface area contributed by atoms with Crippen LogP contribution in [0, 0.1) is 11.3 Å². The van der Waals surface area contributed by atoms with Crippen molar-refractivity contribution in [3.63, 3.8) is 0 Å². The molecule has 1 N–H and O–H groups in total. The van der Waals surface area contributed by atoms with Gasteiger partial charge in [-0.15, -0.1) is 0 Å². The Labute approximate surface area is 182 Å². The van der Waals surface area contributed by atoms with Crippen molar-refractivity contribution in [1.29, 1.82) is 0 Å². The molecule has 1 spiro atoms. The number of aromatic amines is 1. The number of ether oxygens (including phenoxy) is 2. The highest BCUT2D eigenvalue weighted by Crippen LogP contribution is 2.68. The summed E-state index contributed by atoms with van der Waals surface area (Å²) in [5, 5.41) is 1.37. The molecule has 1 saturated carbocycles. The highest BCUT2D eigenvalue weighted by atomic mass is 16.8. The molecule has 3 unspecified atom stereocenters. The topological polar surface area (TPSA) is 51.3 Å². The fourth-order valence-electron chi connectivity index (χ4n) is 7.75. The summed E-state index contributed by atoms with van der Waals surface area (Å²) >= 11 is 0.